The van der Waals surface area contributed by atoms with E-state index in [2.05, 4.69) is 5.32 Å². The average Bonchev–Trinajstić information content (AvgIpc) is 2.58. The molecule has 0 heterocycles. The van der Waals surface area contributed by atoms with Gasteiger partial charge in [-0.05, 0) is 61.2 Å². The number of amides is 2. The number of benzene rings is 2. The van der Waals surface area contributed by atoms with Crippen LogP contribution >= 0.6 is 11.6 Å². The lowest BCUT2D eigenvalue weighted by atomic mass is 10.1. The van der Waals surface area contributed by atoms with Crippen molar-refractivity contribution in [2.75, 3.05) is 18.4 Å². The van der Waals surface area contributed by atoms with Gasteiger partial charge in [0.25, 0.3) is 0 Å². The SMILES string of the molecule is CC(=O)N(CCC(=O)Nc1ccc(C)c(C)c1)CCc1cccc(Cl)c1. The van der Waals surface area contributed by atoms with Gasteiger partial charge in [-0.3, -0.25) is 9.59 Å². The number of nitrogens with zero attached hydrogens (tertiary/aromatic N) is 1. The van der Waals surface area contributed by atoms with E-state index in [1.807, 2.05) is 56.3 Å². The highest BCUT2D eigenvalue weighted by atomic mass is 35.5. The predicted molar refractivity (Wildman–Crippen MR) is 107 cm³/mol. The first-order valence-electron chi connectivity index (χ1n) is 8.72. The van der Waals surface area contributed by atoms with Crippen molar-refractivity contribution in [3.63, 3.8) is 0 Å². The van der Waals surface area contributed by atoms with Crippen molar-refractivity contribution in [3.8, 4) is 0 Å². The second-order valence-electron chi connectivity index (χ2n) is 6.48. The smallest absolute Gasteiger partial charge is 0.226 e. The van der Waals surface area contributed by atoms with E-state index in [-0.39, 0.29) is 18.2 Å². The molecule has 0 aliphatic rings. The van der Waals surface area contributed by atoms with Crippen LogP contribution in [-0.4, -0.2) is 29.8 Å². The minimum Gasteiger partial charge on any atom is -0.342 e. The molecule has 1 N–H and O–H groups in total. The summed E-state index contributed by atoms with van der Waals surface area (Å²) in [5, 5.41) is 3.58. The molecule has 2 amide bonds. The zero-order valence-electron chi connectivity index (χ0n) is 15.5. The summed E-state index contributed by atoms with van der Waals surface area (Å²) in [6, 6.07) is 13.4. The Morgan fingerprint density at radius 3 is 2.46 bits per heavy atom. The molecule has 4 nitrogen and oxygen atoms in total. The Balaban J connectivity index is 1.86. The number of hydrogen-bond donors (Lipinski definition) is 1. The van der Waals surface area contributed by atoms with Gasteiger partial charge < -0.3 is 10.2 Å². The fourth-order valence-electron chi connectivity index (χ4n) is 2.66. The maximum atomic E-state index is 12.2. The molecular formula is C21H25ClN2O2. The number of hydrogen-bond acceptors (Lipinski definition) is 2. The first-order chi connectivity index (χ1) is 12.3. The minimum absolute atomic E-state index is 0.0361. The molecule has 0 radical (unpaired) electrons. The first kappa shape index (κ1) is 20.0. The molecule has 0 bridgehead atoms. The number of carbonyl (C=O) groups is 2. The Morgan fingerprint density at radius 1 is 1.04 bits per heavy atom. The van der Waals surface area contributed by atoms with E-state index in [9.17, 15) is 9.59 Å². The molecule has 2 aromatic carbocycles. The minimum atomic E-state index is -0.0951. The second kappa shape index (κ2) is 9.39. The van der Waals surface area contributed by atoms with Crippen LogP contribution in [0, 0.1) is 13.8 Å². The fourth-order valence-corrected chi connectivity index (χ4v) is 2.88. The van der Waals surface area contributed by atoms with Crippen molar-refractivity contribution in [2.24, 2.45) is 0 Å². The Hall–Kier alpha value is -2.33. The lowest BCUT2D eigenvalue weighted by molar-refractivity contribution is -0.129. The second-order valence-corrected chi connectivity index (χ2v) is 6.92. The molecule has 0 atom stereocenters. The predicted octanol–water partition coefficient (Wildman–Crippen LogP) is 4.38. The van der Waals surface area contributed by atoms with E-state index in [0.29, 0.717) is 24.5 Å². The normalized spacial score (nSPS) is 10.5. The molecule has 0 aliphatic carbocycles. The number of rotatable bonds is 7. The van der Waals surface area contributed by atoms with Crippen LogP contribution < -0.4 is 5.32 Å². The number of anilines is 1. The molecule has 0 aliphatic heterocycles. The largest absolute Gasteiger partial charge is 0.342 e. The summed E-state index contributed by atoms with van der Waals surface area (Å²) in [6.45, 7) is 6.53. The zero-order valence-corrected chi connectivity index (χ0v) is 16.3. The maximum Gasteiger partial charge on any atom is 0.226 e. The molecular weight excluding hydrogens is 348 g/mol. The summed E-state index contributed by atoms with van der Waals surface area (Å²) in [5.41, 5.74) is 4.18. The summed E-state index contributed by atoms with van der Waals surface area (Å²) in [6.07, 6.45) is 0.973. The van der Waals surface area contributed by atoms with E-state index in [0.717, 1.165) is 16.8 Å². The van der Waals surface area contributed by atoms with Gasteiger partial charge >= 0.3 is 0 Å². The third kappa shape index (κ3) is 6.19. The van der Waals surface area contributed by atoms with Crippen molar-refractivity contribution < 1.29 is 9.59 Å². The highest BCUT2D eigenvalue weighted by molar-refractivity contribution is 6.30. The van der Waals surface area contributed by atoms with Crippen LogP contribution in [0.15, 0.2) is 42.5 Å². The third-order valence-electron chi connectivity index (χ3n) is 4.40. The van der Waals surface area contributed by atoms with Gasteiger partial charge in [0.1, 0.15) is 0 Å². The third-order valence-corrected chi connectivity index (χ3v) is 4.64. The van der Waals surface area contributed by atoms with Gasteiger partial charge in [0, 0.05) is 37.1 Å². The van der Waals surface area contributed by atoms with Gasteiger partial charge in [-0.1, -0.05) is 29.8 Å². The van der Waals surface area contributed by atoms with Gasteiger partial charge in [0.15, 0.2) is 0 Å². The number of aryl methyl sites for hydroxylation is 2. The van der Waals surface area contributed by atoms with Crippen LogP contribution in [0.4, 0.5) is 5.69 Å². The van der Waals surface area contributed by atoms with Crippen molar-refractivity contribution >= 4 is 29.1 Å². The number of carbonyl (C=O) groups excluding carboxylic acids is 2. The summed E-state index contributed by atoms with van der Waals surface area (Å²) in [7, 11) is 0. The van der Waals surface area contributed by atoms with Crippen LogP contribution in [0.2, 0.25) is 5.02 Å². The lowest BCUT2D eigenvalue weighted by Crippen LogP contribution is -2.33. The van der Waals surface area contributed by atoms with E-state index >= 15 is 0 Å². The molecule has 2 rings (SSSR count). The molecule has 0 unspecified atom stereocenters. The van der Waals surface area contributed by atoms with E-state index in [1.54, 1.807) is 4.90 Å². The van der Waals surface area contributed by atoms with Crippen LogP contribution in [0.3, 0.4) is 0 Å². The number of nitrogens with one attached hydrogen (secondary N) is 1. The topological polar surface area (TPSA) is 49.4 Å². The van der Waals surface area contributed by atoms with Crippen molar-refractivity contribution in [3.05, 3.63) is 64.2 Å². The Morgan fingerprint density at radius 2 is 1.81 bits per heavy atom. The molecule has 26 heavy (non-hydrogen) atoms. The lowest BCUT2D eigenvalue weighted by Gasteiger charge is -2.21. The quantitative estimate of drug-likeness (QED) is 0.784. The number of halogens is 1. The van der Waals surface area contributed by atoms with Gasteiger partial charge in [-0.15, -0.1) is 0 Å². The van der Waals surface area contributed by atoms with E-state index in [4.69, 9.17) is 11.6 Å². The van der Waals surface area contributed by atoms with Gasteiger partial charge in [-0.25, -0.2) is 0 Å². The summed E-state index contributed by atoms with van der Waals surface area (Å²) in [4.78, 5) is 25.7. The molecule has 0 saturated carbocycles. The van der Waals surface area contributed by atoms with Gasteiger partial charge in [-0.2, -0.15) is 0 Å². The summed E-state index contributed by atoms with van der Waals surface area (Å²) < 4.78 is 0. The molecule has 0 saturated heterocycles. The van der Waals surface area contributed by atoms with Crippen LogP contribution in [-0.2, 0) is 16.0 Å². The van der Waals surface area contributed by atoms with Crippen LogP contribution in [0.25, 0.3) is 0 Å². The van der Waals surface area contributed by atoms with Crippen LogP contribution in [0.5, 0.6) is 0 Å². The molecule has 0 fully saturated rings. The Bertz CT molecular complexity index is 789. The highest BCUT2D eigenvalue weighted by Crippen LogP contribution is 2.15. The zero-order chi connectivity index (χ0) is 19.1. The monoisotopic (exact) mass is 372 g/mol. The van der Waals surface area contributed by atoms with Gasteiger partial charge in [0.2, 0.25) is 11.8 Å². The van der Waals surface area contributed by atoms with Crippen molar-refractivity contribution in [1.82, 2.24) is 4.90 Å². The van der Waals surface area contributed by atoms with E-state index in [1.165, 1.54) is 12.5 Å². The molecule has 0 spiro atoms. The standard InChI is InChI=1S/C21H25ClN2O2/c1-15-7-8-20(13-16(15)2)23-21(26)10-12-24(17(3)25)11-9-18-5-4-6-19(22)14-18/h4-8,13-14H,9-12H2,1-3H3,(H,23,26). The summed E-state index contributed by atoms with van der Waals surface area (Å²) in [5.74, 6) is -0.131. The Labute approximate surface area is 160 Å². The molecule has 2 aromatic rings. The van der Waals surface area contributed by atoms with Crippen molar-refractivity contribution in [2.45, 2.75) is 33.6 Å². The first-order valence-corrected chi connectivity index (χ1v) is 9.10. The molecule has 0 aromatic heterocycles. The molecule has 5 heteroatoms. The van der Waals surface area contributed by atoms with E-state index < -0.39 is 0 Å². The van der Waals surface area contributed by atoms with Crippen LogP contribution in [0.1, 0.15) is 30.0 Å². The van der Waals surface area contributed by atoms with Crippen molar-refractivity contribution in [1.29, 1.82) is 0 Å². The summed E-state index contributed by atoms with van der Waals surface area (Å²) >= 11 is 5.99. The Kier molecular flexibility index (Phi) is 7.22. The molecule has 138 valence electrons. The van der Waals surface area contributed by atoms with Gasteiger partial charge in [0.05, 0.1) is 0 Å². The highest BCUT2D eigenvalue weighted by Gasteiger charge is 2.12. The average molecular weight is 373 g/mol. The fraction of sp³-hybridized carbons (Fsp3) is 0.333. The maximum absolute atomic E-state index is 12.2.